The topological polar surface area (TPSA) is 29.0 Å². The molecule has 0 fully saturated rings. The molecule has 0 amide bonds. The van der Waals surface area contributed by atoms with Crippen molar-refractivity contribution < 1.29 is 0 Å². The van der Waals surface area contributed by atoms with Crippen molar-refractivity contribution in [1.82, 2.24) is 9.97 Å². The molecular weight excluding hydrogens is 310 g/mol. The number of thiazole rings is 2. The molecule has 3 nitrogen and oxygen atoms in total. The zero-order valence-corrected chi connectivity index (χ0v) is 15.4. The lowest BCUT2D eigenvalue weighted by molar-refractivity contribution is 0.615. The Hall–Kier alpha value is -0.940. The van der Waals surface area contributed by atoms with E-state index in [-0.39, 0.29) is 0 Å². The predicted molar refractivity (Wildman–Crippen MR) is 98.3 cm³/mol. The summed E-state index contributed by atoms with van der Waals surface area (Å²) in [6, 6.07) is 0. The van der Waals surface area contributed by atoms with Crippen LogP contribution in [0.3, 0.4) is 0 Å². The van der Waals surface area contributed by atoms with Crippen LogP contribution in [0.1, 0.15) is 57.3 Å². The maximum absolute atomic E-state index is 4.77. The predicted octanol–water partition coefficient (Wildman–Crippen LogP) is 5.18. The summed E-state index contributed by atoms with van der Waals surface area (Å²) in [7, 11) is 0. The summed E-state index contributed by atoms with van der Waals surface area (Å²) < 4.78 is 0. The Morgan fingerprint density at radius 2 is 1.86 bits per heavy atom. The minimum atomic E-state index is 1.01. The van der Waals surface area contributed by atoms with Crippen LogP contribution in [0.2, 0.25) is 0 Å². The van der Waals surface area contributed by atoms with Crippen molar-refractivity contribution in [3.05, 3.63) is 27.7 Å². The van der Waals surface area contributed by atoms with Gasteiger partial charge in [0.05, 0.1) is 16.9 Å². The van der Waals surface area contributed by atoms with E-state index in [4.69, 9.17) is 4.98 Å². The van der Waals surface area contributed by atoms with E-state index in [2.05, 4.69) is 34.5 Å². The Kier molecular flexibility index (Phi) is 7.88. The van der Waals surface area contributed by atoms with E-state index in [0.29, 0.717) is 0 Å². The van der Waals surface area contributed by atoms with Crippen LogP contribution in [-0.4, -0.2) is 23.1 Å². The molecule has 0 N–H and O–H groups in total. The van der Waals surface area contributed by atoms with E-state index in [0.717, 1.165) is 25.9 Å². The fourth-order valence-electron chi connectivity index (χ4n) is 2.42. The quantitative estimate of drug-likeness (QED) is 0.529. The number of hydrogen-bond acceptors (Lipinski definition) is 5. The van der Waals surface area contributed by atoms with Gasteiger partial charge in [0, 0.05) is 30.3 Å². The van der Waals surface area contributed by atoms with Gasteiger partial charge in [0.25, 0.3) is 0 Å². The molecule has 0 saturated carbocycles. The molecule has 2 heterocycles. The van der Waals surface area contributed by atoms with Crippen molar-refractivity contribution in [2.24, 2.45) is 0 Å². The Bertz CT molecular complexity index is 508. The van der Waals surface area contributed by atoms with Crippen molar-refractivity contribution in [3.8, 4) is 0 Å². The highest BCUT2D eigenvalue weighted by atomic mass is 32.1. The van der Waals surface area contributed by atoms with Crippen LogP contribution in [0, 0.1) is 0 Å². The van der Waals surface area contributed by atoms with Gasteiger partial charge in [-0.3, -0.25) is 0 Å². The molecule has 2 aromatic rings. The highest BCUT2D eigenvalue weighted by Gasteiger charge is 2.11. The van der Waals surface area contributed by atoms with Crippen LogP contribution < -0.4 is 4.90 Å². The van der Waals surface area contributed by atoms with Crippen molar-refractivity contribution in [2.75, 3.05) is 18.0 Å². The van der Waals surface area contributed by atoms with Crippen LogP contribution in [0.4, 0.5) is 5.13 Å². The Morgan fingerprint density at radius 1 is 1.00 bits per heavy atom. The average molecular weight is 338 g/mol. The summed E-state index contributed by atoms with van der Waals surface area (Å²) in [6.07, 6.45) is 8.64. The van der Waals surface area contributed by atoms with Crippen LogP contribution >= 0.6 is 22.7 Å². The number of anilines is 1. The summed E-state index contributed by atoms with van der Waals surface area (Å²) >= 11 is 3.46. The first-order valence-corrected chi connectivity index (χ1v) is 10.2. The maximum Gasteiger partial charge on any atom is 0.185 e. The number of unbranched alkanes of at least 4 members (excludes halogenated alkanes) is 4. The summed E-state index contributed by atoms with van der Waals surface area (Å²) in [6.45, 7) is 6.57. The van der Waals surface area contributed by atoms with Gasteiger partial charge in [-0.25, -0.2) is 9.97 Å². The van der Waals surface area contributed by atoms with Gasteiger partial charge in [0.15, 0.2) is 5.13 Å². The zero-order chi connectivity index (χ0) is 15.6. The molecule has 5 heteroatoms. The standard InChI is InChI=1S/C17H27N3S2/c1-3-5-6-7-8-10-20(11-9-16-12-21-14-18-16)17-19-15(4-2)13-22-17/h12-14H,3-11H2,1-2H3. The van der Waals surface area contributed by atoms with Gasteiger partial charge >= 0.3 is 0 Å². The Labute approximate surface area is 142 Å². The van der Waals surface area contributed by atoms with Crippen molar-refractivity contribution in [3.63, 3.8) is 0 Å². The van der Waals surface area contributed by atoms with Gasteiger partial charge in [-0.15, -0.1) is 22.7 Å². The molecule has 0 saturated heterocycles. The van der Waals surface area contributed by atoms with E-state index in [1.54, 1.807) is 22.7 Å². The molecule has 122 valence electrons. The van der Waals surface area contributed by atoms with Gasteiger partial charge in [0.1, 0.15) is 0 Å². The second kappa shape index (κ2) is 9.95. The minimum Gasteiger partial charge on any atom is -0.348 e. The van der Waals surface area contributed by atoms with Crippen LogP contribution in [0.25, 0.3) is 0 Å². The first-order chi connectivity index (χ1) is 10.8. The smallest absolute Gasteiger partial charge is 0.185 e. The third-order valence-electron chi connectivity index (χ3n) is 3.83. The molecule has 0 aliphatic heterocycles. The van der Waals surface area contributed by atoms with E-state index in [1.807, 2.05) is 5.51 Å². The minimum absolute atomic E-state index is 1.01. The number of rotatable bonds is 11. The van der Waals surface area contributed by atoms with E-state index in [1.165, 1.54) is 48.6 Å². The van der Waals surface area contributed by atoms with E-state index in [9.17, 15) is 0 Å². The molecule has 0 radical (unpaired) electrons. The normalized spacial score (nSPS) is 11.0. The van der Waals surface area contributed by atoms with Crippen LogP contribution in [0.15, 0.2) is 16.3 Å². The lowest BCUT2D eigenvalue weighted by Gasteiger charge is -2.21. The van der Waals surface area contributed by atoms with Crippen molar-refractivity contribution >= 4 is 27.8 Å². The fraction of sp³-hybridized carbons (Fsp3) is 0.647. The van der Waals surface area contributed by atoms with Gasteiger partial charge in [-0.1, -0.05) is 39.5 Å². The molecule has 22 heavy (non-hydrogen) atoms. The van der Waals surface area contributed by atoms with Gasteiger partial charge in [-0.05, 0) is 12.8 Å². The molecule has 2 rings (SSSR count). The lowest BCUT2D eigenvalue weighted by Crippen LogP contribution is -2.27. The molecule has 0 atom stereocenters. The Morgan fingerprint density at radius 3 is 2.55 bits per heavy atom. The van der Waals surface area contributed by atoms with E-state index >= 15 is 0 Å². The summed E-state index contributed by atoms with van der Waals surface area (Å²) in [5, 5.41) is 5.53. The van der Waals surface area contributed by atoms with Gasteiger partial charge in [0.2, 0.25) is 0 Å². The molecule has 0 spiro atoms. The second-order valence-corrected chi connectivity index (χ2v) is 7.16. The molecule has 0 bridgehead atoms. The zero-order valence-electron chi connectivity index (χ0n) is 13.8. The molecule has 0 unspecified atom stereocenters. The van der Waals surface area contributed by atoms with Gasteiger partial charge < -0.3 is 4.90 Å². The van der Waals surface area contributed by atoms with Crippen LogP contribution in [-0.2, 0) is 12.8 Å². The van der Waals surface area contributed by atoms with Crippen molar-refractivity contribution in [2.45, 2.75) is 58.8 Å². The summed E-state index contributed by atoms with van der Waals surface area (Å²) in [5.74, 6) is 0. The third kappa shape index (κ3) is 5.69. The van der Waals surface area contributed by atoms with E-state index < -0.39 is 0 Å². The van der Waals surface area contributed by atoms with Gasteiger partial charge in [-0.2, -0.15) is 0 Å². The maximum atomic E-state index is 4.77. The first kappa shape index (κ1) is 17.4. The lowest BCUT2D eigenvalue weighted by atomic mass is 10.1. The second-order valence-electron chi connectivity index (χ2n) is 5.61. The molecule has 2 aromatic heterocycles. The Balaban J connectivity index is 1.87. The first-order valence-electron chi connectivity index (χ1n) is 8.39. The third-order valence-corrected chi connectivity index (χ3v) is 5.41. The number of hydrogen-bond donors (Lipinski definition) is 0. The molecule has 0 aliphatic carbocycles. The molecular formula is C17H27N3S2. The number of aromatic nitrogens is 2. The average Bonchev–Trinajstić information content (AvgIpc) is 3.21. The monoisotopic (exact) mass is 337 g/mol. The highest BCUT2D eigenvalue weighted by Crippen LogP contribution is 2.22. The highest BCUT2D eigenvalue weighted by molar-refractivity contribution is 7.13. The number of aryl methyl sites for hydroxylation is 1. The van der Waals surface area contributed by atoms with Crippen molar-refractivity contribution in [1.29, 1.82) is 0 Å². The van der Waals surface area contributed by atoms with Crippen LogP contribution in [0.5, 0.6) is 0 Å². The number of nitrogens with zero attached hydrogens (tertiary/aromatic N) is 3. The summed E-state index contributed by atoms with van der Waals surface area (Å²) in [5.41, 5.74) is 4.33. The largest absolute Gasteiger partial charge is 0.348 e. The molecule has 0 aromatic carbocycles. The summed E-state index contributed by atoms with van der Waals surface area (Å²) in [4.78, 5) is 11.6. The SMILES string of the molecule is CCCCCCCN(CCc1cscn1)c1nc(CC)cs1. The molecule has 0 aliphatic rings. The fourth-order valence-corrected chi connectivity index (χ4v) is 3.98.